The van der Waals surface area contributed by atoms with Crippen LogP contribution in [0.25, 0.3) is 0 Å². The molecule has 0 amide bonds. The van der Waals surface area contributed by atoms with E-state index in [0.29, 0.717) is 11.5 Å². The lowest BCUT2D eigenvalue weighted by Crippen LogP contribution is -2.25. The van der Waals surface area contributed by atoms with Crippen LogP contribution in [0.1, 0.15) is 42.1 Å². The fourth-order valence-corrected chi connectivity index (χ4v) is 4.56. The number of hydrogen-bond donors (Lipinski definition) is 3. The second-order valence-electron chi connectivity index (χ2n) is 7.44. The summed E-state index contributed by atoms with van der Waals surface area (Å²) in [6.45, 7) is 8.38. The average Bonchev–Trinajstić information content (AvgIpc) is 3.19. The van der Waals surface area contributed by atoms with Crippen LogP contribution in [-0.4, -0.2) is 18.4 Å². The van der Waals surface area contributed by atoms with Crippen LogP contribution >= 0.6 is 22.5 Å². The van der Waals surface area contributed by atoms with Gasteiger partial charge in [-0.3, -0.25) is 0 Å². The van der Waals surface area contributed by atoms with Gasteiger partial charge in [-0.15, -0.1) is 11.3 Å². The minimum atomic E-state index is -1.76. The summed E-state index contributed by atoms with van der Waals surface area (Å²) in [5.74, 6) is 0.420. The summed E-state index contributed by atoms with van der Waals surface area (Å²) in [4.78, 5) is 2.34. The molecule has 0 spiro atoms. The van der Waals surface area contributed by atoms with E-state index in [4.69, 9.17) is 5.26 Å². The molecular formula is C19H21N5O2S2. The molecule has 0 fully saturated rings. The van der Waals surface area contributed by atoms with Crippen LogP contribution in [0.3, 0.4) is 0 Å². The maximum absolute atomic E-state index is 12.0. The highest BCUT2D eigenvalue weighted by molar-refractivity contribution is 7.14. The van der Waals surface area contributed by atoms with E-state index in [9.17, 15) is 9.66 Å². The molecule has 2 heterocycles. The Kier molecular flexibility index (Phi) is 5.56. The second kappa shape index (κ2) is 7.75. The van der Waals surface area contributed by atoms with E-state index in [1.165, 1.54) is 10.9 Å². The minimum absolute atomic E-state index is 0.0777. The van der Waals surface area contributed by atoms with Gasteiger partial charge >= 0.3 is 0 Å². The predicted molar refractivity (Wildman–Crippen MR) is 112 cm³/mol. The van der Waals surface area contributed by atoms with Crippen molar-refractivity contribution in [3.8, 4) is 11.8 Å². The first-order chi connectivity index (χ1) is 13.2. The molecular weight excluding hydrogens is 394 g/mol. The summed E-state index contributed by atoms with van der Waals surface area (Å²) < 4.78 is 20.1. The molecule has 0 bridgehead atoms. The van der Waals surface area contributed by atoms with Crippen LogP contribution in [0.2, 0.25) is 0 Å². The Morgan fingerprint density at radius 3 is 2.54 bits per heavy atom. The Morgan fingerprint density at radius 2 is 1.93 bits per heavy atom. The van der Waals surface area contributed by atoms with Gasteiger partial charge < -0.3 is 20.3 Å². The van der Waals surface area contributed by atoms with Crippen molar-refractivity contribution >= 4 is 39.8 Å². The van der Waals surface area contributed by atoms with E-state index in [-0.39, 0.29) is 28.6 Å². The molecule has 28 heavy (non-hydrogen) atoms. The molecule has 2 atom stereocenters. The lowest BCUT2D eigenvalue weighted by Gasteiger charge is -2.30. The molecule has 3 aromatic rings. The monoisotopic (exact) mass is 415 g/mol. The number of nitrogens with zero attached hydrogens (tertiary/aromatic N) is 3. The van der Waals surface area contributed by atoms with E-state index in [0.717, 1.165) is 4.88 Å². The Balaban J connectivity index is 1.95. The number of nitrogens with one attached hydrogen (secondary N) is 2. The number of anilines is 3. The number of hydrogen-bond acceptors (Lipinski definition) is 8. The second-order valence-corrected chi connectivity index (χ2v) is 9.59. The Labute approximate surface area is 170 Å². The lowest BCUT2D eigenvalue weighted by molar-refractivity contribution is 0.351. The van der Waals surface area contributed by atoms with Gasteiger partial charge in [-0.1, -0.05) is 26.8 Å². The molecule has 2 unspecified atom stereocenters. The van der Waals surface area contributed by atoms with E-state index in [1.54, 1.807) is 23.5 Å². The smallest absolute Gasteiger partial charge is 0.237 e. The van der Waals surface area contributed by atoms with Crippen molar-refractivity contribution in [3.63, 3.8) is 0 Å². The number of aromatic hydroxyl groups is 1. The maximum Gasteiger partial charge on any atom is 0.237 e. The summed E-state index contributed by atoms with van der Waals surface area (Å²) in [5.41, 5.74) is 0.293. The van der Waals surface area contributed by atoms with E-state index in [2.05, 4.69) is 59.2 Å². The van der Waals surface area contributed by atoms with Crippen molar-refractivity contribution in [2.75, 3.05) is 10.6 Å². The van der Waals surface area contributed by atoms with Crippen LogP contribution in [-0.2, 0) is 0 Å². The largest absolute Gasteiger partial charge is 0.546 e. The summed E-state index contributed by atoms with van der Waals surface area (Å²) >= 11 is -0.0673. The van der Waals surface area contributed by atoms with Crippen molar-refractivity contribution in [1.82, 2.24) is 8.75 Å². The Bertz CT molecular complexity index is 1030. The lowest BCUT2D eigenvalue weighted by atomic mass is 9.86. The molecule has 0 saturated heterocycles. The molecule has 0 aliphatic carbocycles. The van der Waals surface area contributed by atoms with Crippen LogP contribution < -0.4 is 10.6 Å². The molecule has 9 heteroatoms. The van der Waals surface area contributed by atoms with E-state index in [1.807, 2.05) is 6.07 Å². The van der Waals surface area contributed by atoms with Crippen molar-refractivity contribution in [2.24, 2.45) is 5.41 Å². The first kappa shape index (κ1) is 20.1. The van der Waals surface area contributed by atoms with Crippen molar-refractivity contribution in [2.45, 2.75) is 33.7 Å². The average molecular weight is 416 g/mol. The highest BCUT2D eigenvalue weighted by Crippen LogP contribution is 2.41. The fraction of sp³-hybridized carbons (Fsp3) is 0.316. The Morgan fingerprint density at radius 1 is 1.21 bits per heavy atom. The molecule has 3 N–H and O–H groups in total. The first-order valence-electron chi connectivity index (χ1n) is 8.61. The molecule has 146 valence electrons. The van der Waals surface area contributed by atoms with Crippen molar-refractivity contribution in [1.29, 1.82) is 5.26 Å². The van der Waals surface area contributed by atoms with Gasteiger partial charge in [0.25, 0.3) is 0 Å². The third kappa shape index (κ3) is 4.25. The summed E-state index contributed by atoms with van der Waals surface area (Å²) in [6, 6.07) is 10.7. The molecule has 3 rings (SSSR count). The molecule has 1 aromatic carbocycles. The SMILES string of the molecule is Cc1ccc(C(Nc2n[s+]([O-])nc2Nc2cccc(C#N)c2O)C(C)(C)C)s1. The van der Waals surface area contributed by atoms with Gasteiger partial charge in [0, 0.05) is 18.5 Å². The van der Waals surface area contributed by atoms with Gasteiger partial charge in [0.1, 0.15) is 6.07 Å². The third-order valence-electron chi connectivity index (χ3n) is 4.17. The zero-order valence-electron chi connectivity index (χ0n) is 16.0. The number of para-hydroxylation sites is 1. The zero-order valence-corrected chi connectivity index (χ0v) is 17.6. The van der Waals surface area contributed by atoms with Crippen LogP contribution in [0, 0.1) is 23.7 Å². The number of benzene rings is 1. The van der Waals surface area contributed by atoms with Crippen molar-refractivity contribution < 1.29 is 9.66 Å². The normalized spacial score (nSPS) is 13.1. The van der Waals surface area contributed by atoms with E-state index >= 15 is 0 Å². The van der Waals surface area contributed by atoms with Gasteiger partial charge in [-0.2, -0.15) is 5.26 Å². The number of aryl methyl sites for hydroxylation is 1. The highest BCUT2D eigenvalue weighted by Gasteiger charge is 2.30. The van der Waals surface area contributed by atoms with Gasteiger partial charge in [-0.05, 0) is 36.6 Å². The predicted octanol–water partition coefficient (Wildman–Crippen LogP) is 5.09. The number of aromatic nitrogens is 2. The number of rotatable bonds is 5. The maximum atomic E-state index is 12.0. The molecule has 2 aromatic heterocycles. The highest BCUT2D eigenvalue weighted by atomic mass is 32.2. The van der Waals surface area contributed by atoms with Crippen molar-refractivity contribution in [3.05, 3.63) is 45.6 Å². The standard InChI is InChI=1S/C19H21N5O2S2/c1-11-8-9-14(27-11)16(19(2,3)4)22-18-17(23-28(26)24-18)21-13-7-5-6-12(10-20)15(13)25/h5-9,16,25H,1-4H3,(H,21,23)(H,22,24). The number of nitriles is 1. The first-order valence-corrected chi connectivity index (χ1v) is 10.5. The zero-order chi connectivity index (χ0) is 20.5. The molecule has 0 saturated carbocycles. The van der Waals surface area contributed by atoms with Crippen LogP contribution in [0.4, 0.5) is 17.3 Å². The number of phenols is 1. The molecule has 0 radical (unpaired) electrons. The van der Waals surface area contributed by atoms with Crippen LogP contribution in [0.15, 0.2) is 30.3 Å². The summed E-state index contributed by atoms with van der Waals surface area (Å²) in [5, 5.41) is 25.6. The van der Waals surface area contributed by atoms with Gasteiger partial charge in [0.05, 0.1) is 17.3 Å². The summed E-state index contributed by atoms with van der Waals surface area (Å²) in [7, 11) is 0. The molecule has 0 aliphatic rings. The topological polar surface area (TPSA) is 117 Å². The molecule has 0 aliphatic heterocycles. The van der Waals surface area contributed by atoms with Gasteiger partial charge in [0.2, 0.25) is 11.6 Å². The summed E-state index contributed by atoms with van der Waals surface area (Å²) in [6.07, 6.45) is 0. The fourth-order valence-electron chi connectivity index (χ4n) is 2.76. The molecule has 7 nitrogen and oxygen atoms in total. The minimum Gasteiger partial charge on any atom is -0.546 e. The van der Waals surface area contributed by atoms with Crippen LogP contribution in [0.5, 0.6) is 5.75 Å². The van der Waals surface area contributed by atoms with Gasteiger partial charge in [0.15, 0.2) is 16.9 Å². The van der Waals surface area contributed by atoms with Gasteiger partial charge in [-0.25, -0.2) is 0 Å². The quantitative estimate of drug-likeness (QED) is 0.392. The third-order valence-corrected chi connectivity index (χ3v) is 5.91. The Hall–Kier alpha value is -2.67. The number of thiophene rings is 1. The van der Waals surface area contributed by atoms with E-state index < -0.39 is 11.1 Å². The number of phenolic OH excluding ortho intramolecular Hbond substituents is 1.